The van der Waals surface area contributed by atoms with Crippen LogP contribution in [0.3, 0.4) is 0 Å². The van der Waals surface area contributed by atoms with Crippen molar-refractivity contribution < 1.29 is 22.4 Å². The standard InChI is InChI=1S/C25H29N3O5S/c1-32-21-10-7-19(8-11-21)27-34(30,31)24-18-20(9-13-23(24)28-15-3-2-4-16-28)26-25(29)14-12-22-6-5-17-33-22/h5-11,13,17-18,27H,2-4,12,14-16H2,1H3,(H,26,29). The monoisotopic (exact) mass is 483 g/mol. The summed E-state index contributed by atoms with van der Waals surface area (Å²) in [5.41, 5.74) is 1.49. The maximum atomic E-state index is 13.4. The van der Waals surface area contributed by atoms with Gasteiger partial charge in [0.25, 0.3) is 10.0 Å². The summed E-state index contributed by atoms with van der Waals surface area (Å²) in [6.45, 7) is 1.58. The first kappa shape index (κ1) is 23.7. The number of amides is 1. The molecule has 4 rings (SSSR count). The van der Waals surface area contributed by atoms with Crippen LogP contribution < -0.4 is 19.7 Å². The second kappa shape index (κ2) is 10.6. The Hall–Kier alpha value is -3.46. The number of hydrogen-bond acceptors (Lipinski definition) is 6. The van der Waals surface area contributed by atoms with Crippen molar-refractivity contribution in [1.29, 1.82) is 0 Å². The highest BCUT2D eigenvalue weighted by Crippen LogP contribution is 2.32. The van der Waals surface area contributed by atoms with Crippen LogP contribution in [-0.2, 0) is 21.2 Å². The van der Waals surface area contributed by atoms with E-state index < -0.39 is 10.0 Å². The quantitative estimate of drug-likeness (QED) is 0.459. The highest BCUT2D eigenvalue weighted by Gasteiger charge is 2.24. The summed E-state index contributed by atoms with van der Waals surface area (Å²) in [6, 6.07) is 15.3. The lowest BCUT2D eigenvalue weighted by atomic mass is 10.1. The van der Waals surface area contributed by atoms with Crippen molar-refractivity contribution in [3.63, 3.8) is 0 Å². The highest BCUT2D eigenvalue weighted by molar-refractivity contribution is 7.92. The molecule has 0 radical (unpaired) electrons. The largest absolute Gasteiger partial charge is 0.497 e. The number of aryl methyl sites for hydroxylation is 1. The Morgan fingerprint density at radius 2 is 1.76 bits per heavy atom. The molecule has 2 heterocycles. The minimum absolute atomic E-state index is 0.133. The lowest BCUT2D eigenvalue weighted by Crippen LogP contribution is -2.31. The summed E-state index contributed by atoms with van der Waals surface area (Å²) < 4.78 is 40.0. The first-order valence-corrected chi connectivity index (χ1v) is 12.8. The fraction of sp³-hybridized carbons (Fsp3) is 0.320. The number of hydrogen-bond donors (Lipinski definition) is 2. The van der Waals surface area contributed by atoms with Gasteiger partial charge in [0.15, 0.2) is 0 Å². The molecule has 3 aromatic rings. The van der Waals surface area contributed by atoms with E-state index in [1.54, 1.807) is 55.8 Å². The summed E-state index contributed by atoms with van der Waals surface area (Å²) in [5.74, 6) is 1.15. The number of nitrogens with zero attached hydrogens (tertiary/aromatic N) is 1. The van der Waals surface area contributed by atoms with Crippen LogP contribution in [0.2, 0.25) is 0 Å². The third-order valence-corrected chi connectivity index (χ3v) is 7.16. The van der Waals surface area contributed by atoms with Gasteiger partial charge >= 0.3 is 0 Å². The Morgan fingerprint density at radius 3 is 2.44 bits per heavy atom. The molecule has 180 valence electrons. The van der Waals surface area contributed by atoms with E-state index in [4.69, 9.17) is 9.15 Å². The molecule has 1 fully saturated rings. The van der Waals surface area contributed by atoms with Crippen molar-refractivity contribution in [2.24, 2.45) is 0 Å². The zero-order valence-corrected chi connectivity index (χ0v) is 19.9. The number of anilines is 3. The number of rotatable bonds is 9. The summed E-state index contributed by atoms with van der Waals surface area (Å²) >= 11 is 0. The molecule has 0 atom stereocenters. The van der Waals surface area contributed by atoms with Crippen LogP contribution in [0, 0.1) is 0 Å². The topological polar surface area (TPSA) is 101 Å². The first-order valence-electron chi connectivity index (χ1n) is 11.3. The second-order valence-corrected chi connectivity index (χ2v) is 9.84. The highest BCUT2D eigenvalue weighted by atomic mass is 32.2. The predicted molar refractivity (Wildman–Crippen MR) is 132 cm³/mol. The Morgan fingerprint density at radius 1 is 1.03 bits per heavy atom. The Kier molecular flexibility index (Phi) is 7.42. The number of methoxy groups -OCH3 is 1. The van der Waals surface area contributed by atoms with Gasteiger partial charge in [-0.1, -0.05) is 0 Å². The van der Waals surface area contributed by atoms with Crippen molar-refractivity contribution >= 4 is 33.0 Å². The van der Waals surface area contributed by atoms with Crippen molar-refractivity contribution in [2.45, 2.75) is 37.0 Å². The van der Waals surface area contributed by atoms with Gasteiger partial charge in [0.2, 0.25) is 5.91 Å². The van der Waals surface area contributed by atoms with Crippen molar-refractivity contribution in [3.8, 4) is 5.75 Å². The van der Waals surface area contributed by atoms with Crippen LogP contribution in [0.1, 0.15) is 31.4 Å². The number of benzene rings is 2. The Balaban J connectivity index is 1.58. The van der Waals surface area contributed by atoms with E-state index in [1.165, 1.54) is 6.07 Å². The number of carbonyl (C=O) groups is 1. The van der Waals surface area contributed by atoms with Gasteiger partial charge < -0.3 is 19.4 Å². The maximum Gasteiger partial charge on any atom is 0.264 e. The summed E-state index contributed by atoms with van der Waals surface area (Å²) in [6.07, 6.45) is 5.42. The fourth-order valence-electron chi connectivity index (χ4n) is 3.99. The molecular formula is C25H29N3O5S. The van der Waals surface area contributed by atoms with Gasteiger partial charge in [-0.2, -0.15) is 0 Å². The number of nitrogens with one attached hydrogen (secondary N) is 2. The van der Waals surface area contributed by atoms with Crippen LogP contribution in [0.4, 0.5) is 17.1 Å². The van der Waals surface area contributed by atoms with Crippen LogP contribution in [-0.4, -0.2) is 34.5 Å². The van der Waals surface area contributed by atoms with E-state index in [-0.39, 0.29) is 17.2 Å². The van der Waals surface area contributed by atoms with Gasteiger partial charge in [0, 0.05) is 37.3 Å². The van der Waals surface area contributed by atoms with E-state index >= 15 is 0 Å². The molecule has 1 aliphatic heterocycles. The van der Waals surface area contributed by atoms with Gasteiger partial charge in [0.1, 0.15) is 16.4 Å². The molecule has 0 bridgehead atoms. The predicted octanol–water partition coefficient (Wildman–Crippen LogP) is 4.65. The minimum Gasteiger partial charge on any atom is -0.497 e. The maximum absolute atomic E-state index is 13.4. The van der Waals surface area contributed by atoms with Crippen LogP contribution in [0.5, 0.6) is 5.75 Å². The van der Waals surface area contributed by atoms with Crippen molar-refractivity contribution in [3.05, 3.63) is 66.6 Å². The van der Waals surface area contributed by atoms with Gasteiger partial charge in [-0.3, -0.25) is 9.52 Å². The average molecular weight is 484 g/mol. The zero-order valence-electron chi connectivity index (χ0n) is 19.1. The lowest BCUT2D eigenvalue weighted by molar-refractivity contribution is -0.116. The summed E-state index contributed by atoms with van der Waals surface area (Å²) in [7, 11) is -2.36. The normalized spacial score (nSPS) is 14.0. The van der Waals surface area contributed by atoms with E-state index in [9.17, 15) is 13.2 Å². The molecule has 0 aliphatic carbocycles. The molecule has 0 unspecified atom stereocenters. The first-order chi connectivity index (χ1) is 16.4. The molecule has 1 aromatic heterocycles. The van der Waals surface area contributed by atoms with E-state index in [2.05, 4.69) is 14.9 Å². The summed E-state index contributed by atoms with van der Waals surface area (Å²) in [4.78, 5) is 14.7. The van der Waals surface area contributed by atoms with Gasteiger partial charge in [-0.05, 0) is 73.9 Å². The lowest BCUT2D eigenvalue weighted by Gasteiger charge is -2.30. The molecule has 8 nitrogen and oxygen atoms in total. The van der Waals surface area contributed by atoms with Crippen LogP contribution >= 0.6 is 0 Å². The SMILES string of the molecule is COc1ccc(NS(=O)(=O)c2cc(NC(=O)CCc3ccco3)ccc2N2CCCCC2)cc1. The Bertz CT molecular complexity index is 1200. The number of carbonyl (C=O) groups excluding carboxylic acids is 1. The Labute approximate surface area is 200 Å². The number of sulfonamides is 1. The molecule has 34 heavy (non-hydrogen) atoms. The molecule has 2 N–H and O–H groups in total. The number of piperidine rings is 1. The third kappa shape index (κ3) is 5.91. The molecule has 1 aliphatic rings. The second-order valence-electron chi connectivity index (χ2n) is 8.19. The molecular weight excluding hydrogens is 454 g/mol. The number of furan rings is 1. The molecule has 1 amide bonds. The van der Waals surface area contributed by atoms with Crippen LogP contribution in [0.15, 0.2) is 70.2 Å². The fourth-order valence-corrected chi connectivity index (χ4v) is 5.30. The molecule has 2 aromatic carbocycles. The molecule has 0 saturated carbocycles. The third-order valence-electron chi connectivity index (χ3n) is 5.75. The molecule has 0 spiro atoms. The van der Waals surface area contributed by atoms with Crippen LogP contribution in [0.25, 0.3) is 0 Å². The van der Waals surface area contributed by atoms with E-state index in [1.807, 2.05) is 6.07 Å². The van der Waals surface area contributed by atoms with E-state index in [0.717, 1.165) is 38.1 Å². The van der Waals surface area contributed by atoms with Gasteiger partial charge in [-0.15, -0.1) is 0 Å². The summed E-state index contributed by atoms with van der Waals surface area (Å²) in [5, 5.41) is 2.82. The zero-order chi connectivity index (χ0) is 24.0. The number of ether oxygens (including phenoxy) is 1. The van der Waals surface area contributed by atoms with E-state index in [0.29, 0.717) is 29.2 Å². The van der Waals surface area contributed by atoms with Gasteiger partial charge in [-0.25, -0.2) is 8.42 Å². The molecule has 1 saturated heterocycles. The average Bonchev–Trinajstić information content (AvgIpc) is 3.37. The van der Waals surface area contributed by atoms with Gasteiger partial charge in [0.05, 0.1) is 19.1 Å². The smallest absolute Gasteiger partial charge is 0.264 e. The van der Waals surface area contributed by atoms with Crippen molar-refractivity contribution in [1.82, 2.24) is 0 Å². The molecule has 9 heteroatoms. The van der Waals surface area contributed by atoms with Crippen molar-refractivity contribution in [2.75, 3.05) is 35.1 Å². The minimum atomic E-state index is -3.92.